The summed E-state index contributed by atoms with van der Waals surface area (Å²) < 4.78 is 15.3. The molecule has 2 unspecified atom stereocenters. The molecule has 32 heavy (non-hydrogen) atoms. The van der Waals surface area contributed by atoms with Gasteiger partial charge in [0, 0.05) is 20.1 Å². The molecule has 1 aliphatic carbocycles. The van der Waals surface area contributed by atoms with Gasteiger partial charge in [0.25, 0.3) is 5.91 Å². The number of carboxylic acids is 1. The first-order valence-electron chi connectivity index (χ1n) is 10.1. The fourth-order valence-electron chi connectivity index (χ4n) is 3.69. The monoisotopic (exact) mass is 442 g/mol. The third kappa shape index (κ3) is 5.24. The smallest absolute Gasteiger partial charge is 0.407 e. The lowest BCUT2D eigenvalue weighted by Gasteiger charge is -2.18. The zero-order valence-electron chi connectivity index (χ0n) is 17.9. The van der Waals surface area contributed by atoms with Crippen molar-refractivity contribution in [2.45, 2.75) is 18.1 Å². The van der Waals surface area contributed by atoms with Crippen molar-refractivity contribution in [3.05, 3.63) is 59.7 Å². The fourth-order valence-corrected chi connectivity index (χ4v) is 3.69. The minimum absolute atomic E-state index is 0.0725. The predicted molar refractivity (Wildman–Crippen MR) is 115 cm³/mol. The summed E-state index contributed by atoms with van der Waals surface area (Å²) in [5.41, 5.74) is 4.46. The Balaban J connectivity index is 1.52. The molecule has 2 atom stereocenters. The molecule has 170 valence electrons. The van der Waals surface area contributed by atoms with Crippen LogP contribution in [0.15, 0.2) is 48.5 Å². The lowest BCUT2D eigenvalue weighted by Crippen LogP contribution is -2.47. The number of carbonyl (C=O) groups excluding carboxylic acids is 2. The van der Waals surface area contributed by atoms with E-state index in [9.17, 15) is 14.4 Å². The Kier molecular flexibility index (Phi) is 7.80. The maximum absolute atomic E-state index is 12.3. The Bertz CT molecular complexity index is 933. The van der Waals surface area contributed by atoms with E-state index in [-0.39, 0.29) is 25.6 Å². The highest BCUT2D eigenvalue weighted by Crippen LogP contribution is 2.44. The fraction of sp³-hybridized carbons (Fsp3) is 0.348. The van der Waals surface area contributed by atoms with Crippen molar-refractivity contribution in [1.82, 2.24) is 10.6 Å². The van der Waals surface area contributed by atoms with Crippen molar-refractivity contribution in [2.24, 2.45) is 0 Å². The molecule has 0 spiro atoms. The lowest BCUT2D eigenvalue weighted by molar-refractivity contribution is -0.148. The van der Waals surface area contributed by atoms with E-state index < -0.39 is 30.2 Å². The van der Waals surface area contributed by atoms with Gasteiger partial charge in [-0.15, -0.1) is 0 Å². The number of carbonyl (C=O) groups is 3. The molecule has 0 radical (unpaired) electrons. The van der Waals surface area contributed by atoms with Crippen molar-refractivity contribution >= 4 is 18.0 Å². The van der Waals surface area contributed by atoms with Gasteiger partial charge < -0.3 is 30.0 Å². The molecule has 0 fully saturated rings. The highest BCUT2D eigenvalue weighted by molar-refractivity contribution is 5.83. The van der Waals surface area contributed by atoms with Gasteiger partial charge >= 0.3 is 12.1 Å². The number of methoxy groups -OCH3 is 2. The predicted octanol–water partition coefficient (Wildman–Crippen LogP) is 1.76. The molecule has 2 aromatic carbocycles. The standard InChI is InChI=1S/C23H26N2O7/c1-30-19(21(26)24-12-20(31-2)22(27)28)11-25-23(29)32-13-18-16-9-5-3-7-14(16)15-8-4-6-10-17(15)18/h3-10,18-20H,11-13H2,1-2H3,(H,24,26)(H,25,29)(H,27,28). The van der Waals surface area contributed by atoms with Crippen LogP contribution >= 0.6 is 0 Å². The van der Waals surface area contributed by atoms with Crippen LogP contribution in [0.1, 0.15) is 17.0 Å². The molecule has 3 rings (SSSR count). The second kappa shape index (κ2) is 10.7. The molecule has 9 nitrogen and oxygen atoms in total. The van der Waals surface area contributed by atoms with Gasteiger partial charge in [0.05, 0.1) is 13.1 Å². The number of amides is 2. The molecule has 0 heterocycles. The van der Waals surface area contributed by atoms with Crippen LogP contribution in [0.4, 0.5) is 4.79 Å². The number of fused-ring (bicyclic) bond motifs is 3. The summed E-state index contributed by atoms with van der Waals surface area (Å²) >= 11 is 0. The normalized spacial score (nSPS) is 14.1. The Morgan fingerprint density at radius 1 is 0.875 bits per heavy atom. The number of aliphatic carboxylic acids is 1. The maximum atomic E-state index is 12.3. The Labute approximate surface area is 185 Å². The molecule has 0 saturated heterocycles. The third-order valence-electron chi connectivity index (χ3n) is 5.37. The average molecular weight is 442 g/mol. The van der Waals surface area contributed by atoms with E-state index in [2.05, 4.69) is 22.8 Å². The van der Waals surface area contributed by atoms with Crippen LogP contribution in [0.2, 0.25) is 0 Å². The molecular formula is C23H26N2O7. The van der Waals surface area contributed by atoms with Crippen LogP contribution in [-0.2, 0) is 23.8 Å². The first-order valence-corrected chi connectivity index (χ1v) is 10.1. The average Bonchev–Trinajstić information content (AvgIpc) is 3.12. The topological polar surface area (TPSA) is 123 Å². The van der Waals surface area contributed by atoms with Crippen molar-refractivity contribution in [2.75, 3.05) is 33.9 Å². The summed E-state index contributed by atoms with van der Waals surface area (Å²) in [6.07, 6.45) is -2.87. The summed E-state index contributed by atoms with van der Waals surface area (Å²) in [6.45, 7) is -0.211. The SMILES string of the molecule is COC(CNC(=O)C(CNC(=O)OCC1c2ccccc2-c2ccccc21)OC)C(=O)O. The molecule has 0 saturated carbocycles. The van der Waals surface area contributed by atoms with E-state index >= 15 is 0 Å². The molecule has 9 heteroatoms. The van der Waals surface area contributed by atoms with Gasteiger partial charge in [0.2, 0.25) is 0 Å². The van der Waals surface area contributed by atoms with Gasteiger partial charge in [-0.3, -0.25) is 4.79 Å². The van der Waals surface area contributed by atoms with E-state index in [1.165, 1.54) is 14.2 Å². The van der Waals surface area contributed by atoms with E-state index in [0.717, 1.165) is 22.3 Å². The number of hydrogen-bond acceptors (Lipinski definition) is 6. The molecule has 2 amide bonds. The zero-order chi connectivity index (χ0) is 23.1. The number of ether oxygens (including phenoxy) is 3. The highest BCUT2D eigenvalue weighted by atomic mass is 16.5. The zero-order valence-corrected chi connectivity index (χ0v) is 17.9. The van der Waals surface area contributed by atoms with Gasteiger partial charge in [-0.1, -0.05) is 48.5 Å². The van der Waals surface area contributed by atoms with E-state index in [1.807, 2.05) is 36.4 Å². The first-order chi connectivity index (χ1) is 15.5. The second-order valence-electron chi connectivity index (χ2n) is 7.24. The summed E-state index contributed by atoms with van der Waals surface area (Å²) in [6, 6.07) is 16.0. The number of rotatable bonds is 10. The number of alkyl carbamates (subject to hydrolysis) is 1. The van der Waals surface area contributed by atoms with Crippen LogP contribution in [0.25, 0.3) is 11.1 Å². The van der Waals surface area contributed by atoms with Gasteiger partial charge in [0.15, 0.2) is 12.2 Å². The molecule has 2 aromatic rings. The number of hydrogen-bond donors (Lipinski definition) is 3. The van der Waals surface area contributed by atoms with Gasteiger partial charge in [-0.2, -0.15) is 0 Å². The van der Waals surface area contributed by atoms with Crippen molar-refractivity contribution in [3.63, 3.8) is 0 Å². The quantitative estimate of drug-likeness (QED) is 0.512. The van der Waals surface area contributed by atoms with Crippen LogP contribution in [0.5, 0.6) is 0 Å². The van der Waals surface area contributed by atoms with Gasteiger partial charge in [-0.25, -0.2) is 9.59 Å². The summed E-state index contributed by atoms with van der Waals surface area (Å²) in [4.78, 5) is 35.4. The Morgan fingerprint density at radius 2 is 1.41 bits per heavy atom. The number of carboxylic acid groups (broad SMARTS) is 1. The third-order valence-corrected chi connectivity index (χ3v) is 5.37. The number of benzene rings is 2. The summed E-state index contributed by atoms with van der Waals surface area (Å²) in [5.74, 6) is -1.84. The van der Waals surface area contributed by atoms with Gasteiger partial charge in [0.1, 0.15) is 6.61 Å². The maximum Gasteiger partial charge on any atom is 0.407 e. The van der Waals surface area contributed by atoms with Crippen molar-refractivity contribution in [1.29, 1.82) is 0 Å². The lowest BCUT2D eigenvalue weighted by atomic mass is 9.98. The van der Waals surface area contributed by atoms with Crippen molar-refractivity contribution in [3.8, 4) is 11.1 Å². The minimum atomic E-state index is -1.20. The highest BCUT2D eigenvalue weighted by Gasteiger charge is 2.29. The van der Waals surface area contributed by atoms with Gasteiger partial charge in [-0.05, 0) is 22.3 Å². The molecule has 1 aliphatic rings. The van der Waals surface area contributed by atoms with E-state index in [0.29, 0.717) is 0 Å². The Morgan fingerprint density at radius 3 is 1.94 bits per heavy atom. The summed E-state index contributed by atoms with van der Waals surface area (Å²) in [5, 5.41) is 13.9. The van der Waals surface area contributed by atoms with Crippen molar-refractivity contribution < 1.29 is 33.7 Å². The molecule has 3 N–H and O–H groups in total. The molecule has 0 bridgehead atoms. The van der Waals surface area contributed by atoms with E-state index in [4.69, 9.17) is 19.3 Å². The second-order valence-corrected chi connectivity index (χ2v) is 7.24. The van der Waals surface area contributed by atoms with Crippen LogP contribution in [-0.4, -0.2) is 69.2 Å². The summed E-state index contributed by atoms with van der Waals surface area (Å²) in [7, 11) is 2.55. The minimum Gasteiger partial charge on any atom is -0.479 e. The van der Waals surface area contributed by atoms with Crippen LogP contribution in [0.3, 0.4) is 0 Å². The first kappa shape index (κ1) is 23.2. The van der Waals surface area contributed by atoms with E-state index in [1.54, 1.807) is 0 Å². The molecule has 0 aromatic heterocycles. The van der Waals surface area contributed by atoms with Crippen LogP contribution in [0, 0.1) is 0 Å². The largest absolute Gasteiger partial charge is 0.479 e. The van der Waals surface area contributed by atoms with Crippen LogP contribution < -0.4 is 10.6 Å². The number of nitrogens with one attached hydrogen (secondary N) is 2. The molecule has 0 aliphatic heterocycles. The Hall–Kier alpha value is -3.43. The molecular weight excluding hydrogens is 416 g/mol.